The third-order valence-corrected chi connectivity index (χ3v) is 4.64. The topological polar surface area (TPSA) is 113 Å². The lowest BCUT2D eigenvalue weighted by Crippen LogP contribution is -2.26. The molecule has 0 bridgehead atoms. The summed E-state index contributed by atoms with van der Waals surface area (Å²) in [7, 11) is 3.04. The van der Waals surface area contributed by atoms with Crippen molar-refractivity contribution in [3.8, 4) is 11.5 Å². The molecule has 35 heavy (non-hydrogen) atoms. The van der Waals surface area contributed by atoms with Crippen molar-refractivity contribution in [1.29, 1.82) is 0 Å². The minimum absolute atomic E-state index is 0.102. The number of nitrogens with one attached hydrogen (secondary N) is 1. The Labute approximate surface area is 204 Å². The Morgan fingerprint density at radius 2 is 1.69 bits per heavy atom. The maximum atomic E-state index is 12.7. The Kier molecular flexibility index (Phi) is 11.9. The summed E-state index contributed by atoms with van der Waals surface area (Å²) in [6, 6.07) is 13.7. The number of carbonyl (C=O) groups is 2. The SMILES string of the molecule is CCOC(=O)/C=C/C=C/[C@H](OC)[C@@H](OC(=O)Nc1ccc(OC)cc1)c1ccc(OCCO)cc1. The minimum Gasteiger partial charge on any atom is -0.497 e. The second-order valence-electron chi connectivity index (χ2n) is 7.02. The molecule has 0 aromatic heterocycles. The van der Waals surface area contributed by atoms with E-state index in [1.807, 2.05) is 0 Å². The third kappa shape index (κ3) is 9.52. The molecule has 0 aliphatic carbocycles. The summed E-state index contributed by atoms with van der Waals surface area (Å²) in [6.07, 6.45) is 3.90. The average molecular weight is 486 g/mol. The second kappa shape index (κ2) is 15.2. The Morgan fingerprint density at radius 1 is 1.00 bits per heavy atom. The van der Waals surface area contributed by atoms with Crippen LogP contribution in [0.15, 0.2) is 72.8 Å². The summed E-state index contributed by atoms with van der Waals surface area (Å²) in [5.74, 6) is 0.758. The van der Waals surface area contributed by atoms with Gasteiger partial charge in [-0.1, -0.05) is 30.4 Å². The molecular weight excluding hydrogens is 454 g/mol. The molecule has 2 aromatic carbocycles. The van der Waals surface area contributed by atoms with E-state index >= 15 is 0 Å². The zero-order chi connectivity index (χ0) is 25.5. The summed E-state index contributed by atoms with van der Waals surface area (Å²) in [6.45, 7) is 2.07. The van der Waals surface area contributed by atoms with Gasteiger partial charge in [0.1, 0.15) is 24.2 Å². The first kappa shape index (κ1) is 27.4. The van der Waals surface area contributed by atoms with Crippen LogP contribution in [0, 0.1) is 0 Å². The fraction of sp³-hybridized carbons (Fsp3) is 0.308. The molecule has 2 aromatic rings. The number of ether oxygens (including phenoxy) is 5. The monoisotopic (exact) mass is 485 g/mol. The van der Waals surface area contributed by atoms with Crippen molar-refractivity contribution in [2.45, 2.75) is 19.1 Å². The first-order valence-corrected chi connectivity index (χ1v) is 11.0. The molecule has 0 spiro atoms. The van der Waals surface area contributed by atoms with Crippen LogP contribution >= 0.6 is 0 Å². The highest BCUT2D eigenvalue weighted by molar-refractivity contribution is 5.85. The molecule has 0 fully saturated rings. The van der Waals surface area contributed by atoms with E-state index in [1.54, 1.807) is 74.7 Å². The number of hydrogen-bond acceptors (Lipinski definition) is 8. The molecule has 9 heteroatoms. The number of anilines is 1. The molecule has 2 rings (SSSR count). The second-order valence-corrected chi connectivity index (χ2v) is 7.02. The number of benzene rings is 2. The summed E-state index contributed by atoms with van der Waals surface area (Å²) >= 11 is 0. The van der Waals surface area contributed by atoms with Crippen LogP contribution in [-0.4, -0.2) is 57.3 Å². The molecule has 0 aliphatic rings. The van der Waals surface area contributed by atoms with Gasteiger partial charge >= 0.3 is 12.1 Å². The first-order valence-electron chi connectivity index (χ1n) is 11.0. The number of methoxy groups -OCH3 is 2. The van der Waals surface area contributed by atoms with Gasteiger partial charge < -0.3 is 28.8 Å². The third-order valence-electron chi connectivity index (χ3n) is 4.64. The van der Waals surface area contributed by atoms with E-state index in [9.17, 15) is 9.59 Å². The van der Waals surface area contributed by atoms with E-state index < -0.39 is 24.3 Å². The van der Waals surface area contributed by atoms with E-state index in [1.165, 1.54) is 19.3 Å². The van der Waals surface area contributed by atoms with Gasteiger partial charge in [0.2, 0.25) is 0 Å². The van der Waals surface area contributed by atoms with Gasteiger partial charge in [0.15, 0.2) is 6.10 Å². The van der Waals surface area contributed by atoms with Gasteiger partial charge in [0, 0.05) is 18.9 Å². The molecule has 0 unspecified atom stereocenters. The molecule has 1 amide bonds. The average Bonchev–Trinajstić information content (AvgIpc) is 2.87. The van der Waals surface area contributed by atoms with E-state index in [0.717, 1.165) is 0 Å². The lowest BCUT2D eigenvalue weighted by Gasteiger charge is -2.24. The van der Waals surface area contributed by atoms with Gasteiger partial charge in [0.05, 0.1) is 20.3 Å². The molecule has 0 aliphatic heterocycles. The molecule has 9 nitrogen and oxygen atoms in total. The largest absolute Gasteiger partial charge is 0.497 e. The Balaban J connectivity index is 2.20. The van der Waals surface area contributed by atoms with Crippen LogP contribution in [-0.2, 0) is 19.0 Å². The highest BCUT2D eigenvalue weighted by atomic mass is 16.6. The number of amides is 1. The van der Waals surface area contributed by atoms with Crippen LogP contribution in [0.2, 0.25) is 0 Å². The van der Waals surface area contributed by atoms with Gasteiger partial charge in [-0.05, 0) is 48.9 Å². The molecular formula is C26H31NO8. The van der Waals surface area contributed by atoms with E-state index in [-0.39, 0.29) is 19.8 Å². The number of hydrogen-bond donors (Lipinski definition) is 2. The normalized spacial score (nSPS) is 12.8. The fourth-order valence-electron chi connectivity index (χ4n) is 2.98. The molecule has 0 saturated heterocycles. The van der Waals surface area contributed by atoms with Crippen molar-refractivity contribution in [1.82, 2.24) is 0 Å². The first-order chi connectivity index (χ1) is 17.0. The Morgan fingerprint density at radius 3 is 2.29 bits per heavy atom. The van der Waals surface area contributed by atoms with Crippen molar-refractivity contribution >= 4 is 17.7 Å². The summed E-state index contributed by atoms with van der Waals surface area (Å²) < 4.78 is 26.7. The zero-order valence-corrected chi connectivity index (χ0v) is 20.0. The number of rotatable bonds is 13. The predicted molar refractivity (Wildman–Crippen MR) is 131 cm³/mol. The summed E-state index contributed by atoms with van der Waals surface area (Å²) in [5.41, 5.74) is 1.18. The number of aliphatic hydroxyl groups excluding tert-OH is 1. The summed E-state index contributed by atoms with van der Waals surface area (Å²) in [5, 5.41) is 11.6. The van der Waals surface area contributed by atoms with Crippen LogP contribution in [0.1, 0.15) is 18.6 Å². The van der Waals surface area contributed by atoms with Gasteiger partial charge in [-0.2, -0.15) is 0 Å². The van der Waals surface area contributed by atoms with Crippen molar-refractivity contribution in [2.75, 3.05) is 39.4 Å². The number of esters is 1. The van der Waals surface area contributed by atoms with Crippen molar-refractivity contribution in [3.05, 3.63) is 78.4 Å². The number of carbonyl (C=O) groups excluding carboxylic acids is 2. The quantitative estimate of drug-likeness (QED) is 0.248. The van der Waals surface area contributed by atoms with Gasteiger partial charge in [-0.3, -0.25) is 5.32 Å². The molecule has 2 atom stereocenters. The van der Waals surface area contributed by atoms with E-state index in [2.05, 4.69) is 5.32 Å². The summed E-state index contributed by atoms with van der Waals surface area (Å²) in [4.78, 5) is 24.2. The lowest BCUT2D eigenvalue weighted by atomic mass is 10.0. The van der Waals surface area contributed by atoms with Gasteiger partial charge in [-0.25, -0.2) is 9.59 Å². The minimum atomic E-state index is -0.822. The van der Waals surface area contributed by atoms with Gasteiger partial charge in [0.25, 0.3) is 0 Å². The molecule has 0 radical (unpaired) electrons. The zero-order valence-electron chi connectivity index (χ0n) is 20.0. The maximum absolute atomic E-state index is 12.7. The van der Waals surface area contributed by atoms with Crippen LogP contribution in [0.5, 0.6) is 11.5 Å². The van der Waals surface area contributed by atoms with Crippen molar-refractivity contribution in [3.63, 3.8) is 0 Å². The van der Waals surface area contributed by atoms with Crippen LogP contribution in [0.4, 0.5) is 10.5 Å². The smallest absolute Gasteiger partial charge is 0.412 e. The van der Waals surface area contributed by atoms with Crippen LogP contribution < -0.4 is 14.8 Å². The Hall–Kier alpha value is -3.82. The van der Waals surface area contributed by atoms with Crippen LogP contribution in [0.3, 0.4) is 0 Å². The van der Waals surface area contributed by atoms with Crippen molar-refractivity contribution < 1.29 is 38.4 Å². The molecule has 188 valence electrons. The van der Waals surface area contributed by atoms with Crippen LogP contribution in [0.25, 0.3) is 0 Å². The Bertz CT molecular complexity index is 970. The highest BCUT2D eigenvalue weighted by Gasteiger charge is 2.25. The standard InChI is InChI=1S/C26H31NO8/c1-4-33-24(29)8-6-5-7-23(32-3)25(19-9-13-22(14-10-19)34-18-17-28)35-26(30)27-20-11-15-21(31-2)16-12-20/h5-16,23,25,28H,4,17-18H2,1-3H3,(H,27,30)/b7-5+,8-6+/t23-,25-/m0/s1. The molecule has 0 heterocycles. The lowest BCUT2D eigenvalue weighted by molar-refractivity contribution is -0.137. The number of allylic oxidation sites excluding steroid dienone is 2. The fourth-order valence-corrected chi connectivity index (χ4v) is 2.98. The number of aliphatic hydroxyl groups is 1. The predicted octanol–water partition coefficient (Wildman–Crippen LogP) is 4.05. The molecule has 0 saturated carbocycles. The van der Waals surface area contributed by atoms with Crippen molar-refractivity contribution in [2.24, 2.45) is 0 Å². The van der Waals surface area contributed by atoms with E-state index in [0.29, 0.717) is 22.7 Å². The maximum Gasteiger partial charge on any atom is 0.412 e. The van der Waals surface area contributed by atoms with E-state index in [4.69, 9.17) is 28.8 Å². The highest BCUT2D eigenvalue weighted by Crippen LogP contribution is 2.27. The molecule has 2 N–H and O–H groups in total. The van der Waals surface area contributed by atoms with Gasteiger partial charge in [-0.15, -0.1) is 0 Å².